The minimum Gasteiger partial charge on any atom is -0.321 e. The lowest BCUT2D eigenvalue weighted by Crippen LogP contribution is -2.12. The molecule has 3 rings (SSSR count). The Hall–Kier alpha value is -2.30. The first kappa shape index (κ1) is 17.5. The number of nitrogens with one attached hydrogen (secondary N) is 1. The van der Waals surface area contributed by atoms with Crippen LogP contribution in [0, 0.1) is 13.8 Å². The van der Waals surface area contributed by atoms with Crippen molar-refractivity contribution in [3.05, 3.63) is 81.1 Å². The van der Waals surface area contributed by atoms with E-state index in [1.165, 1.54) is 0 Å². The Morgan fingerprint density at radius 3 is 2.48 bits per heavy atom. The molecule has 25 heavy (non-hydrogen) atoms. The molecule has 0 atom stereocenters. The molecule has 0 radical (unpaired) electrons. The van der Waals surface area contributed by atoms with Gasteiger partial charge < -0.3 is 5.32 Å². The molecule has 0 aliphatic carbocycles. The summed E-state index contributed by atoms with van der Waals surface area (Å²) in [7, 11) is 0. The summed E-state index contributed by atoms with van der Waals surface area (Å²) in [6.07, 6.45) is 0. The van der Waals surface area contributed by atoms with Gasteiger partial charge in [0.15, 0.2) is 0 Å². The summed E-state index contributed by atoms with van der Waals surface area (Å²) >= 11 is 12.1. The van der Waals surface area contributed by atoms with Gasteiger partial charge in [0.1, 0.15) is 0 Å². The minimum absolute atomic E-state index is 0.234. The highest BCUT2D eigenvalue weighted by molar-refractivity contribution is 6.44. The summed E-state index contributed by atoms with van der Waals surface area (Å²) in [5, 5.41) is 7.96. The first-order chi connectivity index (χ1) is 11.9. The standard InChI is InChI=1S/C19H17Cl2N3O/c1-12-10-13(2)24(23-12)11-14-6-8-15(9-7-14)19(25)22-17-5-3-4-16(20)18(17)21/h3-10H,11H2,1-2H3,(H,22,25). The van der Waals surface area contributed by atoms with Gasteiger partial charge in [0.25, 0.3) is 5.91 Å². The Morgan fingerprint density at radius 2 is 1.84 bits per heavy atom. The average Bonchev–Trinajstić information content (AvgIpc) is 2.90. The third-order valence-electron chi connectivity index (χ3n) is 3.85. The smallest absolute Gasteiger partial charge is 0.255 e. The topological polar surface area (TPSA) is 46.9 Å². The second kappa shape index (κ2) is 7.30. The van der Waals surface area contributed by atoms with Crippen molar-refractivity contribution < 1.29 is 4.79 Å². The molecule has 0 spiro atoms. The number of hydrogen-bond donors (Lipinski definition) is 1. The van der Waals surface area contributed by atoms with Crippen LogP contribution in [0.2, 0.25) is 10.0 Å². The molecule has 0 unspecified atom stereocenters. The van der Waals surface area contributed by atoms with Crippen LogP contribution in [0.5, 0.6) is 0 Å². The van der Waals surface area contributed by atoms with Crippen molar-refractivity contribution in [3.8, 4) is 0 Å². The molecular formula is C19H17Cl2N3O. The van der Waals surface area contributed by atoms with E-state index >= 15 is 0 Å². The van der Waals surface area contributed by atoms with Crippen LogP contribution in [0.1, 0.15) is 27.3 Å². The van der Waals surface area contributed by atoms with E-state index in [9.17, 15) is 4.79 Å². The molecule has 4 nitrogen and oxygen atoms in total. The molecule has 3 aromatic rings. The first-order valence-corrected chi connectivity index (χ1v) is 8.55. The van der Waals surface area contributed by atoms with Crippen molar-refractivity contribution in [2.45, 2.75) is 20.4 Å². The largest absolute Gasteiger partial charge is 0.321 e. The van der Waals surface area contributed by atoms with Crippen molar-refractivity contribution in [3.63, 3.8) is 0 Å². The molecule has 0 aliphatic rings. The van der Waals surface area contributed by atoms with Crippen molar-refractivity contribution in [1.82, 2.24) is 9.78 Å². The number of anilines is 1. The number of aryl methyl sites for hydroxylation is 2. The lowest BCUT2D eigenvalue weighted by atomic mass is 10.1. The fourth-order valence-corrected chi connectivity index (χ4v) is 2.91. The molecule has 2 aromatic carbocycles. The highest BCUT2D eigenvalue weighted by Crippen LogP contribution is 2.29. The van der Waals surface area contributed by atoms with E-state index in [0.29, 0.717) is 27.8 Å². The van der Waals surface area contributed by atoms with Crippen LogP contribution < -0.4 is 5.32 Å². The Kier molecular flexibility index (Phi) is 5.11. The highest BCUT2D eigenvalue weighted by atomic mass is 35.5. The zero-order valence-electron chi connectivity index (χ0n) is 13.9. The van der Waals surface area contributed by atoms with Gasteiger partial charge in [-0.05, 0) is 49.7 Å². The van der Waals surface area contributed by atoms with Gasteiger partial charge in [0.2, 0.25) is 0 Å². The zero-order chi connectivity index (χ0) is 18.0. The third kappa shape index (κ3) is 4.03. The van der Waals surface area contributed by atoms with Gasteiger partial charge in [-0.15, -0.1) is 0 Å². The van der Waals surface area contributed by atoms with Crippen LogP contribution in [0.25, 0.3) is 0 Å². The molecule has 1 amide bonds. The average molecular weight is 374 g/mol. The van der Waals surface area contributed by atoms with E-state index in [0.717, 1.165) is 17.0 Å². The van der Waals surface area contributed by atoms with Gasteiger partial charge in [-0.25, -0.2) is 0 Å². The summed E-state index contributed by atoms with van der Waals surface area (Å²) in [6.45, 7) is 4.66. The maximum atomic E-state index is 12.4. The Bertz CT molecular complexity index is 917. The molecule has 0 fully saturated rings. The molecular weight excluding hydrogens is 357 g/mol. The quantitative estimate of drug-likeness (QED) is 0.690. The fraction of sp³-hybridized carbons (Fsp3) is 0.158. The van der Waals surface area contributed by atoms with Crippen molar-refractivity contribution in [1.29, 1.82) is 0 Å². The molecule has 128 valence electrons. The van der Waals surface area contributed by atoms with Crippen molar-refractivity contribution in [2.24, 2.45) is 0 Å². The van der Waals surface area contributed by atoms with Crippen LogP contribution >= 0.6 is 23.2 Å². The SMILES string of the molecule is Cc1cc(C)n(Cc2ccc(C(=O)Nc3cccc(Cl)c3Cl)cc2)n1. The van der Waals surface area contributed by atoms with E-state index in [1.54, 1.807) is 30.3 Å². The van der Waals surface area contributed by atoms with E-state index in [2.05, 4.69) is 10.4 Å². The third-order valence-corrected chi connectivity index (χ3v) is 4.67. The second-order valence-corrected chi connectivity index (χ2v) is 6.62. The number of rotatable bonds is 4. The number of benzene rings is 2. The number of aromatic nitrogens is 2. The van der Waals surface area contributed by atoms with E-state index < -0.39 is 0 Å². The van der Waals surface area contributed by atoms with Crippen LogP contribution in [0.15, 0.2) is 48.5 Å². The van der Waals surface area contributed by atoms with Gasteiger partial charge in [0.05, 0.1) is 28.0 Å². The van der Waals surface area contributed by atoms with E-state index in [-0.39, 0.29) is 5.91 Å². The maximum absolute atomic E-state index is 12.4. The van der Waals surface area contributed by atoms with Gasteiger partial charge in [0, 0.05) is 11.3 Å². The lowest BCUT2D eigenvalue weighted by molar-refractivity contribution is 0.102. The predicted molar refractivity (Wildman–Crippen MR) is 102 cm³/mol. The summed E-state index contributed by atoms with van der Waals surface area (Å²) in [6, 6.07) is 14.6. The second-order valence-electron chi connectivity index (χ2n) is 5.84. The molecule has 0 saturated carbocycles. The molecule has 6 heteroatoms. The normalized spacial score (nSPS) is 10.7. The fourth-order valence-electron chi connectivity index (χ4n) is 2.56. The van der Waals surface area contributed by atoms with Gasteiger partial charge in [-0.1, -0.05) is 41.4 Å². The first-order valence-electron chi connectivity index (χ1n) is 7.79. The highest BCUT2D eigenvalue weighted by Gasteiger charge is 2.10. The van der Waals surface area contributed by atoms with Gasteiger partial charge in [-0.3, -0.25) is 9.48 Å². The van der Waals surface area contributed by atoms with Crippen LogP contribution in [-0.2, 0) is 6.54 Å². The number of amides is 1. The van der Waals surface area contributed by atoms with Gasteiger partial charge >= 0.3 is 0 Å². The lowest BCUT2D eigenvalue weighted by Gasteiger charge is -2.09. The zero-order valence-corrected chi connectivity index (χ0v) is 15.4. The van der Waals surface area contributed by atoms with Crippen molar-refractivity contribution >= 4 is 34.8 Å². The monoisotopic (exact) mass is 373 g/mol. The summed E-state index contributed by atoms with van der Waals surface area (Å²) in [4.78, 5) is 12.4. The molecule has 0 bridgehead atoms. The Morgan fingerprint density at radius 1 is 1.12 bits per heavy atom. The van der Waals surface area contributed by atoms with E-state index in [1.807, 2.05) is 36.7 Å². The Labute approximate surface area is 156 Å². The Balaban J connectivity index is 1.72. The summed E-state index contributed by atoms with van der Waals surface area (Å²) in [5.41, 5.74) is 4.21. The number of halogens is 2. The number of hydrogen-bond acceptors (Lipinski definition) is 2. The predicted octanol–water partition coefficient (Wildman–Crippen LogP) is 5.11. The van der Waals surface area contributed by atoms with Crippen LogP contribution in [0.3, 0.4) is 0 Å². The molecule has 0 aliphatic heterocycles. The number of carbonyl (C=O) groups is 1. The molecule has 1 aromatic heterocycles. The van der Waals surface area contributed by atoms with Crippen LogP contribution in [0.4, 0.5) is 5.69 Å². The minimum atomic E-state index is -0.234. The van der Waals surface area contributed by atoms with E-state index in [4.69, 9.17) is 23.2 Å². The summed E-state index contributed by atoms with van der Waals surface area (Å²) in [5.74, 6) is -0.234. The number of nitrogens with zero attached hydrogens (tertiary/aromatic N) is 2. The molecule has 0 saturated heterocycles. The maximum Gasteiger partial charge on any atom is 0.255 e. The summed E-state index contributed by atoms with van der Waals surface area (Å²) < 4.78 is 1.94. The van der Waals surface area contributed by atoms with Crippen LogP contribution in [-0.4, -0.2) is 15.7 Å². The molecule has 1 heterocycles. The molecule has 1 N–H and O–H groups in total. The number of carbonyl (C=O) groups excluding carboxylic acids is 1. The van der Waals surface area contributed by atoms with Gasteiger partial charge in [-0.2, -0.15) is 5.10 Å². The van der Waals surface area contributed by atoms with Crippen molar-refractivity contribution in [2.75, 3.05) is 5.32 Å².